The smallest absolute Gasteiger partial charge is 0.123 e. The van der Waals surface area contributed by atoms with Gasteiger partial charge in [-0.3, -0.25) is 4.90 Å². The molecular weight excluding hydrogens is 232 g/mol. The highest BCUT2D eigenvalue weighted by Gasteiger charge is 2.28. The number of nitrogens with one attached hydrogen (secondary N) is 1. The van der Waals surface area contributed by atoms with Crippen LogP contribution in [-0.2, 0) is 6.54 Å². The molecule has 90 valence electrons. The van der Waals surface area contributed by atoms with Crippen molar-refractivity contribution >= 4 is 11.3 Å². The van der Waals surface area contributed by atoms with Crippen LogP contribution < -0.4 is 0 Å². The van der Waals surface area contributed by atoms with Gasteiger partial charge >= 0.3 is 0 Å². The van der Waals surface area contributed by atoms with E-state index in [0.29, 0.717) is 6.04 Å². The Labute approximate surface area is 105 Å². The third kappa shape index (κ3) is 2.25. The molecule has 0 aliphatic carbocycles. The highest BCUT2D eigenvalue weighted by molar-refractivity contribution is 7.07. The molecule has 2 aromatic rings. The van der Waals surface area contributed by atoms with E-state index in [4.69, 9.17) is 0 Å². The van der Waals surface area contributed by atoms with Gasteiger partial charge in [0.15, 0.2) is 0 Å². The van der Waals surface area contributed by atoms with Gasteiger partial charge in [-0.1, -0.05) is 0 Å². The maximum absolute atomic E-state index is 4.46. The molecule has 1 saturated heterocycles. The molecule has 1 aliphatic rings. The van der Waals surface area contributed by atoms with E-state index in [1.807, 2.05) is 11.7 Å². The minimum Gasteiger partial charge on any atom is -0.345 e. The summed E-state index contributed by atoms with van der Waals surface area (Å²) in [6, 6.07) is 0.436. The molecule has 0 bridgehead atoms. The number of nitrogens with zero attached hydrogens (tertiary/aromatic N) is 3. The molecule has 5 heteroatoms. The number of rotatable bonds is 3. The molecule has 1 fully saturated rings. The van der Waals surface area contributed by atoms with Crippen molar-refractivity contribution in [3.63, 3.8) is 0 Å². The third-order valence-corrected chi connectivity index (χ3v) is 3.89. The van der Waals surface area contributed by atoms with Crippen molar-refractivity contribution in [1.82, 2.24) is 19.9 Å². The number of hydrogen-bond donors (Lipinski definition) is 1. The first-order chi connectivity index (χ1) is 8.33. The Morgan fingerprint density at radius 2 is 2.47 bits per heavy atom. The molecule has 3 rings (SSSR count). The van der Waals surface area contributed by atoms with Crippen LogP contribution in [0.2, 0.25) is 0 Å². The van der Waals surface area contributed by atoms with Crippen LogP contribution in [0.1, 0.15) is 36.1 Å². The Bertz CT molecular complexity index is 476. The monoisotopic (exact) mass is 248 g/mol. The summed E-state index contributed by atoms with van der Waals surface area (Å²) in [5.74, 6) is 1.11. The maximum Gasteiger partial charge on any atom is 0.123 e. The van der Waals surface area contributed by atoms with Gasteiger partial charge in [-0.15, -0.1) is 11.3 Å². The average Bonchev–Trinajstić information content (AvgIpc) is 2.99. The second-order valence-electron chi connectivity index (χ2n) is 4.56. The molecule has 0 aromatic carbocycles. The van der Waals surface area contributed by atoms with Crippen LogP contribution >= 0.6 is 11.3 Å². The SMILES string of the molecule is Cc1cnc(C2CCCN2Cc2cscn2)[nH]1. The van der Waals surface area contributed by atoms with E-state index in [0.717, 1.165) is 24.6 Å². The Hall–Kier alpha value is -1.20. The highest BCUT2D eigenvalue weighted by atomic mass is 32.1. The fourth-order valence-electron chi connectivity index (χ4n) is 2.45. The standard InChI is InChI=1S/C12H16N4S/c1-9-5-13-12(15-9)11-3-2-4-16(11)6-10-7-17-8-14-10/h5,7-8,11H,2-4,6H2,1H3,(H,13,15). The van der Waals surface area contributed by atoms with E-state index < -0.39 is 0 Å². The largest absolute Gasteiger partial charge is 0.345 e. The zero-order valence-corrected chi connectivity index (χ0v) is 10.7. The van der Waals surface area contributed by atoms with Gasteiger partial charge in [-0.2, -0.15) is 0 Å². The van der Waals surface area contributed by atoms with Crippen LogP contribution in [-0.4, -0.2) is 26.4 Å². The summed E-state index contributed by atoms with van der Waals surface area (Å²) in [6.07, 6.45) is 4.35. The van der Waals surface area contributed by atoms with Crippen LogP contribution in [0.15, 0.2) is 17.1 Å². The summed E-state index contributed by atoms with van der Waals surface area (Å²) in [7, 11) is 0. The third-order valence-electron chi connectivity index (χ3n) is 3.25. The Morgan fingerprint density at radius 1 is 1.53 bits per heavy atom. The van der Waals surface area contributed by atoms with Crippen molar-refractivity contribution in [1.29, 1.82) is 0 Å². The van der Waals surface area contributed by atoms with Gasteiger partial charge in [-0.05, 0) is 26.3 Å². The van der Waals surface area contributed by atoms with Gasteiger partial charge in [0.2, 0.25) is 0 Å². The molecule has 0 saturated carbocycles. The zero-order chi connectivity index (χ0) is 11.7. The molecular formula is C12H16N4S. The molecule has 0 spiro atoms. The second kappa shape index (κ2) is 4.58. The highest BCUT2D eigenvalue weighted by Crippen LogP contribution is 2.31. The molecule has 1 aliphatic heterocycles. The van der Waals surface area contributed by atoms with Crippen LogP contribution in [0.25, 0.3) is 0 Å². The number of thiazole rings is 1. The predicted molar refractivity (Wildman–Crippen MR) is 67.8 cm³/mol. The number of aromatic nitrogens is 3. The first-order valence-corrected chi connectivity index (χ1v) is 6.90. The topological polar surface area (TPSA) is 44.8 Å². The lowest BCUT2D eigenvalue weighted by Crippen LogP contribution is -2.23. The molecule has 1 N–H and O–H groups in total. The van der Waals surface area contributed by atoms with E-state index in [1.54, 1.807) is 11.3 Å². The van der Waals surface area contributed by atoms with Gasteiger partial charge in [0.05, 0.1) is 17.2 Å². The number of H-pyrrole nitrogens is 1. The normalized spacial score (nSPS) is 21.1. The lowest BCUT2D eigenvalue weighted by molar-refractivity contribution is 0.238. The Balaban J connectivity index is 1.76. The van der Waals surface area contributed by atoms with Gasteiger partial charge in [-0.25, -0.2) is 9.97 Å². The van der Waals surface area contributed by atoms with Crippen LogP contribution in [0.3, 0.4) is 0 Å². The first-order valence-electron chi connectivity index (χ1n) is 5.95. The van der Waals surface area contributed by atoms with E-state index >= 15 is 0 Å². The van der Waals surface area contributed by atoms with Crippen molar-refractivity contribution in [2.45, 2.75) is 32.4 Å². The fourth-order valence-corrected chi connectivity index (χ4v) is 3.00. The summed E-state index contributed by atoms with van der Waals surface area (Å²) in [5, 5.41) is 2.13. The molecule has 17 heavy (non-hydrogen) atoms. The van der Waals surface area contributed by atoms with Gasteiger partial charge in [0.1, 0.15) is 5.82 Å². The van der Waals surface area contributed by atoms with Gasteiger partial charge in [0.25, 0.3) is 0 Å². The van der Waals surface area contributed by atoms with Crippen molar-refractivity contribution in [3.8, 4) is 0 Å². The van der Waals surface area contributed by atoms with Crippen LogP contribution in [0, 0.1) is 6.92 Å². The van der Waals surface area contributed by atoms with E-state index in [1.165, 1.54) is 18.5 Å². The average molecular weight is 248 g/mol. The van der Waals surface area contributed by atoms with Crippen molar-refractivity contribution in [3.05, 3.63) is 34.3 Å². The summed E-state index contributed by atoms with van der Waals surface area (Å²) in [4.78, 5) is 14.6. The van der Waals surface area contributed by atoms with Gasteiger partial charge in [0, 0.05) is 23.8 Å². The molecule has 3 heterocycles. The minimum absolute atomic E-state index is 0.436. The quantitative estimate of drug-likeness (QED) is 0.907. The zero-order valence-electron chi connectivity index (χ0n) is 9.89. The minimum atomic E-state index is 0.436. The van der Waals surface area contributed by atoms with Crippen molar-refractivity contribution < 1.29 is 0 Å². The number of aromatic amines is 1. The first kappa shape index (κ1) is 10.9. The number of hydrogen-bond acceptors (Lipinski definition) is 4. The summed E-state index contributed by atoms with van der Waals surface area (Å²) < 4.78 is 0. The Kier molecular flexibility index (Phi) is 2.94. The van der Waals surface area contributed by atoms with Crippen molar-refractivity contribution in [2.24, 2.45) is 0 Å². The lowest BCUT2D eigenvalue weighted by atomic mass is 10.2. The predicted octanol–water partition coefficient (Wildman–Crippen LogP) is 2.51. The molecule has 0 amide bonds. The molecule has 2 aromatic heterocycles. The number of aryl methyl sites for hydroxylation is 1. The van der Waals surface area contributed by atoms with E-state index in [-0.39, 0.29) is 0 Å². The molecule has 0 radical (unpaired) electrons. The van der Waals surface area contributed by atoms with Crippen LogP contribution in [0.5, 0.6) is 0 Å². The van der Waals surface area contributed by atoms with Gasteiger partial charge < -0.3 is 4.98 Å². The maximum atomic E-state index is 4.46. The van der Waals surface area contributed by atoms with E-state index in [2.05, 4.69) is 32.2 Å². The number of imidazole rings is 1. The summed E-state index contributed by atoms with van der Waals surface area (Å²) in [6.45, 7) is 4.13. The fraction of sp³-hybridized carbons (Fsp3) is 0.500. The lowest BCUT2D eigenvalue weighted by Gasteiger charge is -2.21. The summed E-state index contributed by atoms with van der Waals surface area (Å²) >= 11 is 1.66. The Morgan fingerprint density at radius 3 is 3.18 bits per heavy atom. The molecule has 1 atom stereocenters. The second-order valence-corrected chi connectivity index (χ2v) is 5.28. The van der Waals surface area contributed by atoms with Crippen molar-refractivity contribution in [2.75, 3.05) is 6.54 Å². The molecule has 1 unspecified atom stereocenters. The summed E-state index contributed by atoms with van der Waals surface area (Å²) in [5.41, 5.74) is 4.21. The van der Waals surface area contributed by atoms with E-state index in [9.17, 15) is 0 Å². The number of likely N-dealkylation sites (tertiary alicyclic amines) is 1. The van der Waals surface area contributed by atoms with Crippen LogP contribution in [0.4, 0.5) is 0 Å². The molecule has 4 nitrogen and oxygen atoms in total.